The van der Waals surface area contributed by atoms with E-state index in [4.69, 9.17) is 11.5 Å². The average Bonchev–Trinajstić information content (AvgIpc) is 2.84. The molecule has 2 aliphatic rings. The van der Waals surface area contributed by atoms with Gasteiger partial charge in [0, 0.05) is 18.5 Å². The molecule has 3 unspecified atom stereocenters. The monoisotopic (exact) mass is 261 g/mol. The SMILES string of the molecule is Cl.NC(=O)C1CCCN1C(=O)C1CCC(N)C1. The predicted molar refractivity (Wildman–Crippen MR) is 66.5 cm³/mol. The first-order valence-electron chi connectivity index (χ1n) is 5.95. The van der Waals surface area contributed by atoms with Crippen LogP contribution in [0, 0.1) is 5.92 Å². The number of nitrogens with zero attached hydrogens (tertiary/aromatic N) is 1. The molecule has 0 aromatic heterocycles. The van der Waals surface area contributed by atoms with E-state index in [0.29, 0.717) is 13.0 Å². The van der Waals surface area contributed by atoms with Crippen LogP contribution in [0.2, 0.25) is 0 Å². The van der Waals surface area contributed by atoms with E-state index in [0.717, 1.165) is 25.7 Å². The Morgan fingerprint density at radius 3 is 2.41 bits per heavy atom. The molecule has 1 aliphatic heterocycles. The van der Waals surface area contributed by atoms with Crippen LogP contribution in [0.1, 0.15) is 32.1 Å². The number of hydrogen-bond acceptors (Lipinski definition) is 3. The predicted octanol–water partition coefficient (Wildman–Crippen LogP) is 0.0119. The van der Waals surface area contributed by atoms with Crippen molar-refractivity contribution in [2.24, 2.45) is 17.4 Å². The number of halogens is 1. The largest absolute Gasteiger partial charge is 0.368 e. The Hall–Kier alpha value is -0.810. The molecule has 0 radical (unpaired) electrons. The Labute approximate surface area is 107 Å². The number of carbonyl (C=O) groups is 2. The van der Waals surface area contributed by atoms with E-state index in [1.807, 2.05) is 0 Å². The summed E-state index contributed by atoms with van der Waals surface area (Å²) in [6.07, 6.45) is 4.09. The summed E-state index contributed by atoms with van der Waals surface area (Å²) in [6.45, 7) is 0.665. The number of carbonyl (C=O) groups excluding carboxylic acids is 2. The molecule has 0 aromatic carbocycles. The molecule has 3 atom stereocenters. The van der Waals surface area contributed by atoms with Crippen molar-refractivity contribution in [3.05, 3.63) is 0 Å². The van der Waals surface area contributed by atoms with Gasteiger partial charge in [0.05, 0.1) is 0 Å². The Morgan fingerprint density at radius 2 is 1.88 bits per heavy atom. The Morgan fingerprint density at radius 1 is 1.18 bits per heavy atom. The molecule has 1 saturated heterocycles. The van der Waals surface area contributed by atoms with Crippen LogP contribution >= 0.6 is 12.4 Å². The van der Waals surface area contributed by atoms with Crippen molar-refractivity contribution in [1.82, 2.24) is 4.90 Å². The van der Waals surface area contributed by atoms with E-state index >= 15 is 0 Å². The first kappa shape index (κ1) is 14.3. The van der Waals surface area contributed by atoms with Gasteiger partial charge in [-0.2, -0.15) is 0 Å². The van der Waals surface area contributed by atoms with Gasteiger partial charge in [0.1, 0.15) is 6.04 Å². The maximum Gasteiger partial charge on any atom is 0.240 e. The zero-order valence-electron chi connectivity index (χ0n) is 9.80. The lowest BCUT2D eigenvalue weighted by atomic mass is 10.1. The molecule has 2 rings (SSSR count). The molecule has 1 heterocycles. The lowest BCUT2D eigenvalue weighted by Crippen LogP contribution is -2.45. The van der Waals surface area contributed by atoms with Crippen molar-refractivity contribution in [1.29, 1.82) is 0 Å². The summed E-state index contributed by atoms with van der Waals surface area (Å²) >= 11 is 0. The van der Waals surface area contributed by atoms with E-state index < -0.39 is 0 Å². The van der Waals surface area contributed by atoms with Gasteiger partial charge >= 0.3 is 0 Å². The van der Waals surface area contributed by atoms with Crippen molar-refractivity contribution in [2.75, 3.05) is 6.54 Å². The van der Waals surface area contributed by atoms with E-state index in [1.54, 1.807) is 4.90 Å². The summed E-state index contributed by atoms with van der Waals surface area (Å²) in [5, 5.41) is 0. The van der Waals surface area contributed by atoms with Crippen LogP contribution in [-0.2, 0) is 9.59 Å². The van der Waals surface area contributed by atoms with Gasteiger partial charge in [-0.1, -0.05) is 0 Å². The third-order valence-electron chi connectivity index (χ3n) is 3.69. The van der Waals surface area contributed by atoms with E-state index in [-0.39, 0.29) is 42.2 Å². The van der Waals surface area contributed by atoms with Crippen LogP contribution < -0.4 is 11.5 Å². The molecule has 5 nitrogen and oxygen atoms in total. The van der Waals surface area contributed by atoms with Gasteiger partial charge < -0.3 is 16.4 Å². The molecule has 1 aliphatic carbocycles. The fourth-order valence-electron chi connectivity index (χ4n) is 2.80. The van der Waals surface area contributed by atoms with Gasteiger partial charge in [-0.15, -0.1) is 12.4 Å². The van der Waals surface area contributed by atoms with E-state index in [9.17, 15) is 9.59 Å². The maximum absolute atomic E-state index is 12.2. The number of nitrogens with two attached hydrogens (primary N) is 2. The van der Waals surface area contributed by atoms with Gasteiger partial charge in [-0.3, -0.25) is 9.59 Å². The van der Waals surface area contributed by atoms with Gasteiger partial charge in [0.2, 0.25) is 11.8 Å². The Bertz CT molecular complexity index is 311. The Balaban J connectivity index is 0.00000144. The molecular formula is C11H20ClN3O2. The summed E-state index contributed by atoms with van der Waals surface area (Å²) in [6, 6.07) is -0.243. The summed E-state index contributed by atoms with van der Waals surface area (Å²) in [5.74, 6) is -0.294. The van der Waals surface area contributed by atoms with Crippen molar-refractivity contribution in [3.63, 3.8) is 0 Å². The minimum atomic E-state index is -0.385. The van der Waals surface area contributed by atoms with Crippen LogP contribution in [0.25, 0.3) is 0 Å². The molecule has 0 aromatic rings. The van der Waals surface area contributed by atoms with Crippen molar-refractivity contribution in [3.8, 4) is 0 Å². The van der Waals surface area contributed by atoms with E-state index in [1.165, 1.54) is 0 Å². The van der Waals surface area contributed by atoms with Gasteiger partial charge in [-0.05, 0) is 32.1 Å². The molecule has 17 heavy (non-hydrogen) atoms. The molecule has 2 amide bonds. The minimum absolute atomic E-state index is 0. The number of amides is 2. The third-order valence-corrected chi connectivity index (χ3v) is 3.69. The fourth-order valence-corrected chi connectivity index (χ4v) is 2.80. The standard InChI is InChI=1S/C11H19N3O2.ClH/c12-8-4-3-7(6-8)11(16)14-5-1-2-9(14)10(13)15;/h7-9H,1-6,12H2,(H2,13,15);1H. The second-order valence-electron chi connectivity index (χ2n) is 4.86. The first-order valence-corrected chi connectivity index (χ1v) is 5.95. The van der Waals surface area contributed by atoms with Crippen molar-refractivity contribution < 1.29 is 9.59 Å². The highest BCUT2D eigenvalue weighted by atomic mass is 35.5. The van der Waals surface area contributed by atoms with Crippen LogP contribution in [0.4, 0.5) is 0 Å². The summed E-state index contributed by atoms with van der Waals surface area (Å²) < 4.78 is 0. The summed E-state index contributed by atoms with van der Waals surface area (Å²) in [4.78, 5) is 25.0. The smallest absolute Gasteiger partial charge is 0.240 e. The van der Waals surface area contributed by atoms with Gasteiger partial charge in [-0.25, -0.2) is 0 Å². The van der Waals surface area contributed by atoms with Crippen LogP contribution in [0.3, 0.4) is 0 Å². The summed E-state index contributed by atoms with van der Waals surface area (Å²) in [5.41, 5.74) is 11.1. The lowest BCUT2D eigenvalue weighted by Gasteiger charge is -2.25. The molecule has 0 spiro atoms. The number of hydrogen-bond donors (Lipinski definition) is 2. The molecule has 1 saturated carbocycles. The first-order chi connectivity index (χ1) is 7.59. The fraction of sp³-hybridized carbons (Fsp3) is 0.818. The van der Waals surface area contributed by atoms with Crippen molar-refractivity contribution >= 4 is 24.2 Å². The Kier molecular flexibility index (Phi) is 4.77. The lowest BCUT2D eigenvalue weighted by molar-refractivity contribution is -0.140. The highest BCUT2D eigenvalue weighted by Gasteiger charge is 2.38. The maximum atomic E-state index is 12.2. The van der Waals surface area contributed by atoms with Gasteiger partial charge in [0.25, 0.3) is 0 Å². The van der Waals surface area contributed by atoms with Gasteiger partial charge in [0.15, 0.2) is 0 Å². The average molecular weight is 262 g/mol. The molecule has 0 bridgehead atoms. The minimum Gasteiger partial charge on any atom is -0.368 e. The molecule has 4 N–H and O–H groups in total. The zero-order valence-corrected chi connectivity index (χ0v) is 10.6. The van der Waals surface area contributed by atoms with Crippen LogP contribution in [0.15, 0.2) is 0 Å². The highest BCUT2D eigenvalue weighted by molar-refractivity contribution is 5.88. The third kappa shape index (κ3) is 2.90. The molecule has 98 valence electrons. The quantitative estimate of drug-likeness (QED) is 0.734. The highest BCUT2D eigenvalue weighted by Crippen LogP contribution is 2.29. The normalized spacial score (nSPS) is 32.3. The zero-order chi connectivity index (χ0) is 11.7. The summed E-state index contributed by atoms with van der Waals surface area (Å²) in [7, 11) is 0. The topological polar surface area (TPSA) is 89.4 Å². The molecule has 2 fully saturated rings. The number of primary amides is 1. The molecule has 6 heteroatoms. The van der Waals surface area contributed by atoms with Crippen LogP contribution in [-0.4, -0.2) is 35.3 Å². The second kappa shape index (κ2) is 5.69. The van der Waals surface area contributed by atoms with Crippen LogP contribution in [0.5, 0.6) is 0 Å². The molecular weight excluding hydrogens is 242 g/mol. The van der Waals surface area contributed by atoms with Crippen molar-refractivity contribution in [2.45, 2.75) is 44.2 Å². The number of likely N-dealkylation sites (tertiary alicyclic amines) is 1. The van der Waals surface area contributed by atoms with E-state index in [2.05, 4.69) is 0 Å². The number of rotatable bonds is 2. The second-order valence-corrected chi connectivity index (χ2v) is 4.86.